The molecule has 0 bridgehead atoms. The molecule has 2 aliphatic rings. The van der Waals surface area contributed by atoms with Gasteiger partial charge in [-0.15, -0.1) is 0 Å². The normalized spacial score (nSPS) is 42.1. The maximum Gasteiger partial charge on any atom is 0.173 e. The highest BCUT2D eigenvalue weighted by Crippen LogP contribution is 2.33. The van der Waals surface area contributed by atoms with Crippen LogP contribution in [0.2, 0.25) is 0 Å². The molecule has 2 aliphatic heterocycles. The van der Waals surface area contributed by atoms with Crippen molar-refractivity contribution in [1.82, 2.24) is 8.61 Å². The van der Waals surface area contributed by atoms with Gasteiger partial charge in [0.25, 0.3) is 0 Å². The highest BCUT2D eigenvalue weighted by Gasteiger charge is 2.47. The first-order chi connectivity index (χ1) is 6.77. The molecule has 2 rings (SSSR count). The van der Waals surface area contributed by atoms with Gasteiger partial charge in [-0.05, 0) is 12.8 Å². The van der Waals surface area contributed by atoms with Crippen molar-refractivity contribution < 1.29 is 4.21 Å². The van der Waals surface area contributed by atoms with E-state index in [1.807, 2.05) is 0 Å². The average Bonchev–Trinajstić information content (AvgIpc) is 3.00. The van der Waals surface area contributed by atoms with Crippen molar-refractivity contribution in [3.63, 3.8) is 0 Å². The third-order valence-electron chi connectivity index (χ3n) is 2.97. The van der Waals surface area contributed by atoms with Crippen LogP contribution < -0.4 is 0 Å². The molecule has 3 nitrogen and oxygen atoms in total. The Bertz CT molecular complexity index is 212. The summed E-state index contributed by atoms with van der Waals surface area (Å²) in [5.41, 5.74) is 0. The van der Waals surface area contributed by atoms with Gasteiger partial charge in [0.05, 0.1) is 0 Å². The molecule has 0 aromatic heterocycles. The van der Waals surface area contributed by atoms with E-state index in [0.717, 1.165) is 13.1 Å². The van der Waals surface area contributed by atoms with Crippen LogP contribution in [-0.2, 0) is 11.2 Å². The summed E-state index contributed by atoms with van der Waals surface area (Å²) in [6, 6.07) is 1.23. The Morgan fingerprint density at radius 3 is 1.86 bits per heavy atom. The highest BCUT2D eigenvalue weighted by atomic mass is 32.2. The zero-order valence-electron chi connectivity index (χ0n) is 9.11. The Balaban J connectivity index is 1.71. The van der Waals surface area contributed by atoms with Crippen LogP contribution in [-0.4, -0.2) is 38.0 Å². The molecule has 2 saturated heterocycles. The SMILES string of the molecule is CCCC1CN1S(=O)N1CC1CCC. The van der Waals surface area contributed by atoms with Crippen LogP contribution in [0.4, 0.5) is 0 Å². The maximum absolute atomic E-state index is 11.9. The lowest BCUT2D eigenvalue weighted by atomic mass is 10.3. The fraction of sp³-hybridized carbons (Fsp3) is 1.00. The lowest BCUT2D eigenvalue weighted by molar-refractivity contribution is 0.578. The molecule has 4 unspecified atom stereocenters. The maximum atomic E-state index is 11.9. The van der Waals surface area contributed by atoms with Crippen LogP contribution in [0.5, 0.6) is 0 Å². The van der Waals surface area contributed by atoms with Crippen molar-refractivity contribution in [3.8, 4) is 0 Å². The van der Waals surface area contributed by atoms with Crippen molar-refractivity contribution in [2.45, 2.75) is 51.6 Å². The van der Waals surface area contributed by atoms with Gasteiger partial charge in [0.15, 0.2) is 11.2 Å². The van der Waals surface area contributed by atoms with E-state index < -0.39 is 11.2 Å². The molecule has 0 aliphatic carbocycles. The van der Waals surface area contributed by atoms with Gasteiger partial charge in [0.2, 0.25) is 0 Å². The third kappa shape index (κ3) is 2.18. The summed E-state index contributed by atoms with van der Waals surface area (Å²) in [5.74, 6) is 0. The van der Waals surface area contributed by atoms with Gasteiger partial charge in [-0.25, -0.2) is 12.8 Å². The molecule has 4 atom stereocenters. The zero-order valence-corrected chi connectivity index (χ0v) is 9.92. The van der Waals surface area contributed by atoms with E-state index in [1.54, 1.807) is 0 Å². The number of nitrogens with zero attached hydrogens (tertiary/aromatic N) is 2. The molecule has 14 heavy (non-hydrogen) atoms. The van der Waals surface area contributed by atoms with Crippen LogP contribution >= 0.6 is 0 Å². The standard InChI is InChI=1S/C10H20N2OS/c1-3-5-9-7-11(9)14(13)12-8-10(12)6-4-2/h9-10H,3-8H2,1-2H3. The summed E-state index contributed by atoms with van der Waals surface area (Å²) >= 11 is -0.798. The Morgan fingerprint density at radius 2 is 1.50 bits per heavy atom. The lowest BCUT2D eigenvalue weighted by Gasteiger charge is -2.04. The van der Waals surface area contributed by atoms with E-state index in [-0.39, 0.29) is 0 Å². The number of hydrogen-bond donors (Lipinski definition) is 0. The molecule has 2 fully saturated rings. The molecule has 0 aromatic carbocycles. The Hall–Kier alpha value is 0.0700. The Labute approximate surface area is 89.2 Å². The highest BCUT2D eigenvalue weighted by molar-refractivity contribution is 7.80. The van der Waals surface area contributed by atoms with E-state index in [4.69, 9.17) is 0 Å². The lowest BCUT2D eigenvalue weighted by Crippen LogP contribution is -2.16. The summed E-state index contributed by atoms with van der Waals surface area (Å²) in [6.07, 6.45) is 4.82. The van der Waals surface area contributed by atoms with Crippen LogP contribution in [0.3, 0.4) is 0 Å². The van der Waals surface area contributed by atoms with Crippen LogP contribution in [0.25, 0.3) is 0 Å². The summed E-state index contributed by atoms with van der Waals surface area (Å²) in [6.45, 7) is 6.49. The van der Waals surface area contributed by atoms with Gasteiger partial charge in [0, 0.05) is 25.2 Å². The molecule has 0 saturated carbocycles. The first kappa shape index (κ1) is 10.6. The largest absolute Gasteiger partial charge is 0.225 e. The second-order valence-corrected chi connectivity index (χ2v) is 5.71. The van der Waals surface area contributed by atoms with Crippen molar-refractivity contribution in [2.75, 3.05) is 13.1 Å². The van der Waals surface area contributed by atoms with Crippen molar-refractivity contribution >= 4 is 11.2 Å². The molecular weight excluding hydrogens is 196 g/mol. The smallest absolute Gasteiger partial charge is 0.173 e. The average molecular weight is 216 g/mol. The predicted octanol–water partition coefficient (Wildman–Crippen LogP) is 1.53. The van der Waals surface area contributed by atoms with E-state index in [9.17, 15) is 4.21 Å². The minimum absolute atomic E-state index is 0.615. The van der Waals surface area contributed by atoms with Crippen LogP contribution in [0.15, 0.2) is 0 Å². The first-order valence-electron chi connectivity index (χ1n) is 5.73. The van der Waals surface area contributed by atoms with Gasteiger partial charge in [0.1, 0.15) is 0 Å². The molecule has 4 heteroatoms. The van der Waals surface area contributed by atoms with Crippen molar-refractivity contribution in [3.05, 3.63) is 0 Å². The fourth-order valence-corrected chi connectivity index (χ4v) is 3.56. The van der Waals surface area contributed by atoms with E-state index in [2.05, 4.69) is 22.5 Å². The third-order valence-corrected chi connectivity index (χ3v) is 4.67. The van der Waals surface area contributed by atoms with Gasteiger partial charge < -0.3 is 0 Å². The van der Waals surface area contributed by atoms with Gasteiger partial charge in [-0.3, -0.25) is 0 Å². The van der Waals surface area contributed by atoms with Crippen LogP contribution in [0.1, 0.15) is 39.5 Å². The van der Waals surface area contributed by atoms with Crippen LogP contribution in [0, 0.1) is 0 Å². The molecule has 0 aromatic rings. The molecule has 0 N–H and O–H groups in total. The first-order valence-corrected chi connectivity index (χ1v) is 6.79. The zero-order chi connectivity index (χ0) is 10.1. The van der Waals surface area contributed by atoms with Crippen molar-refractivity contribution in [1.29, 1.82) is 0 Å². The molecule has 0 spiro atoms. The number of rotatable bonds is 6. The number of hydrogen-bond acceptors (Lipinski definition) is 1. The molecule has 2 heterocycles. The van der Waals surface area contributed by atoms with Gasteiger partial charge in [-0.2, -0.15) is 0 Å². The second kappa shape index (κ2) is 4.29. The molecule has 0 amide bonds. The predicted molar refractivity (Wildman–Crippen MR) is 58.9 cm³/mol. The molecular formula is C10H20N2OS. The quantitative estimate of drug-likeness (QED) is 0.618. The summed E-state index contributed by atoms with van der Waals surface area (Å²) in [5, 5.41) is 0. The second-order valence-electron chi connectivity index (χ2n) is 4.32. The molecule has 0 radical (unpaired) electrons. The minimum Gasteiger partial charge on any atom is -0.225 e. The van der Waals surface area contributed by atoms with E-state index >= 15 is 0 Å². The summed E-state index contributed by atoms with van der Waals surface area (Å²) < 4.78 is 16.1. The summed E-state index contributed by atoms with van der Waals surface area (Å²) in [4.78, 5) is 0. The van der Waals surface area contributed by atoms with Gasteiger partial charge in [-0.1, -0.05) is 26.7 Å². The van der Waals surface area contributed by atoms with Crippen molar-refractivity contribution in [2.24, 2.45) is 0 Å². The van der Waals surface area contributed by atoms with E-state index in [1.165, 1.54) is 25.7 Å². The fourth-order valence-electron chi connectivity index (χ4n) is 1.98. The Kier molecular flexibility index (Phi) is 3.24. The summed E-state index contributed by atoms with van der Waals surface area (Å²) in [7, 11) is 0. The molecule has 82 valence electrons. The monoisotopic (exact) mass is 216 g/mol. The Morgan fingerprint density at radius 1 is 1.07 bits per heavy atom. The van der Waals surface area contributed by atoms with E-state index in [0.29, 0.717) is 12.1 Å². The van der Waals surface area contributed by atoms with Gasteiger partial charge >= 0.3 is 0 Å². The topological polar surface area (TPSA) is 23.1 Å². The minimum atomic E-state index is -0.798.